The molecule has 6 nitrogen and oxygen atoms in total. The summed E-state index contributed by atoms with van der Waals surface area (Å²) >= 11 is 0. The number of hydrogen-bond acceptors (Lipinski definition) is 5. The predicted octanol–water partition coefficient (Wildman–Crippen LogP) is 2.32. The van der Waals surface area contributed by atoms with Crippen LogP contribution in [0.5, 0.6) is 0 Å². The Hall–Kier alpha value is -2.22. The monoisotopic (exact) mass is 388 g/mol. The summed E-state index contributed by atoms with van der Waals surface area (Å²) in [7, 11) is -3.14. The molecule has 1 heterocycles. The van der Waals surface area contributed by atoms with Crippen LogP contribution in [0.4, 0.5) is 5.69 Å². The van der Waals surface area contributed by atoms with Gasteiger partial charge in [0.2, 0.25) is 0 Å². The number of nitrogens with one attached hydrogen (secondary N) is 1. The first kappa shape index (κ1) is 19.5. The van der Waals surface area contributed by atoms with Crippen molar-refractivity contribution in [2.75, 3.05) is 37.9 Å². The summed E-state index contributed by atoms with van der Waals surface area (Å²) in [6.45, 7) is 4.13. The van der Waals surface area contributed by atoms with Crippen molar-refractivity contribution in [3.63, 3.8) is 0 Å². The number of amides is 1. The Balaban J connectivity index is 1.67. The number of rotatable bonds is 6. The number of nitrogens with zero attached hydrogens (tertiary/aromatic N) is 1. The largest absolute Gasteiger partial charge is 0.379 e. The van der Waals surface area contributed by atoms with Gasteiger partial charge in [-0.05, 0) is 35.4 Å². The number of ether oxygens (including phenoxy) is 1. The maximum absolute atomic E-state index is 12.5. The minimum atomic E-state index is -3.14. The molecule has 0 bridgehead atoms. The Kier molecular flexibility index (Phi) is 6.26. The highest BCUT2D eigenvalue weighted by molar-refractivity contribution is 7.89. The minimum Gasteiger partial charge on any atom is -0.379 e. The van der Waals surface area contributed by atoms with Crippen molar-refractivity contribution in [1.82, 2.24) is 4.90 Å². The van der Waals surface area contributed by atoms with Crippen LogP contribution >= 0.6 is 0 Å². The third-order valence-electron chi connectivity index (χ3n) is 4.31. The lowest BCUT2D eigenvalue weighted by Crippen LogP contribution is -2.35. The average Bonchev–Trinajstić information content (AvgIpc) is 2.62. The zero-order valence-corrected chi connectivity index (χ0v) is 16.2. The summed E-state index contributed by atoms with van der Waals surface area (Å²) in [5, 5.41) is 2.89. The van der Waals surface area contributed by atoms with E-state index in [2.05, 4.69) is 10.2 Å². The third-order valence-corrected chi connectivity index (χ3v) is 5.17. The van der Waals surface area contributed by atoms with Gasteiger partial charge in [-0.1, -0.05) is 24.3 Å². The fourth-order valence-corrected chi connectivity index (χ4v) is 3.86. The van der Waals surface area contributed by atoms with Gasteiger partial charge in [-0.15, -0.1) is 0 Å². The van der Waals surface area contributed by atoms with E-state index in [4.69, 9.17) is 4.74 Å². The van der Waals surface area contributed by atoms with Gasteiger partial charge in [0, 0.05) is 37.1 Å². The Bertz CT molecular complexity index is 906. The summed E-state index contributed by atoms with van der Waals surface area (Å²) in [5.74, 6) is -0.336. The standard InChI is InChI=1S/C20H24N2O4S/c1-27(24,25)15-17-5-2-6-18(12-17)20(23)21-19-7-3-4-16(13-19)14-22-8-10-26-11-9-22/h2-7,12-13H,8-11,14-15H2,1H3,(H,21,23). The van der Waals surface area contributed by atoms with Crippen LogP contribution in [-0.2, 0) is 26.9 Å². The molecule has 1 aliphatic rings. The summed E-state index contributed by atoms with van der Waals surface area (Å²) < 4.78 is 28.3. The fraction of sp³-hybridized carbons (Fsp3) is 0.350. The SMILES string of the molecule is CS(=O)(=O)Cc1cccc(C(=O)Nc2cccc(CN3CCOCC3)c2)c1. The Morgan fingerprint density at radius 1 is 1.07 bits per heavy atom. The van der Waals surface area contributed by atoms with Crippen LogP contribution in [0.1, 0.15) is 21.5 Å². The Morgan fingerprint density at radius 2 is 1.78 bits per heavy atom. The van der Waals surface area contributed by atoms with Crippen LogP contribution in [0.25, 0.3) is 0 Å². The molecule has 0 aromatic heterocycles. The van der Waals surface area contributed by atoms with E-state index >= 15 is 0 Å². The highest BCUT2D eigenvalue weighted by atomic mass is 32.2. The van der Waals surface area contributed by atoms with Crippen LogP contribution in [0.3, 0.4) is 0 Å². The molecule has 0 radical (unpaired) electrons. The number of sulfone groups is 1. The van der Waals surface area contributed by atoms with Gasteiger partial charge in [-0.25, -0.2) is 8.42 Å². The van der Waals surface area contributed by atoms with Gasteiger partial charge in [0.05, 0.1) is 19.0 Å². The van der Waals surface area contributed by atoms with Gasteiger partial charge in [-0.2, -0.15) is 0 Å². The molecule has 2 aromatic rings. The molecule has 1 amide bonds. The lowest BCUT2D eigenvalue weighted by atomic mass is 10.1. The highest BCUT2D eigenvalue weighted by Crippen LogP contribution is 2.16. The topological polar surface area (TPSA) is 75.7 Å². The van der Waals surface area contributed by atoms with E-state index in [0.29, 0.717) is 11.1 Å². The van der Waals surface area contributed by atoms with Crippen molar-refractivity contribution in [3.8, 4) is 0 Å². The average molecular weight is 388 g/mol. The van der Waals surface area contributed by atoms with Gasteiger partial charge < -0.3 is 10.1 Å². The van der Waals surface area contributed by atoms with E-state index in [0.717, 1.165) is 44.1 Å². The minimum absolute atomic E-state index is 0.0802. The molecule has 1 N–H and O–H groups in total. The van der Waals surface area contributed by atoms with Crippen molar-refractivity contribution in [2.45, 2.75) is 12.3 Å². The van der Waals surface area contributed by atoms with Gasteiger partial charge in [0.1, 0.15) is 0 Å². The van der Waals surface area contributed by atoms with Crippen LogP contribution in [0.15, 0.2) is 48.5 Å². The second-order valence-corrected chi connectivity index (χ2v) is 8.95. The van der Waals surface area contributed by atoms with Crippen molar-refractivity contribution in [1.29, 1.82) is 0 Å². The van der Waals surface area contributed by atoms with Crippen molar-refractivity contribution in [2.24, 2.45) is 0 Å². The molecule has 1 saturated heterocycles. The van der Waals surface area contributed by atoms with Gasteiger partial charge in [0.25, 0.3) is 5.91 Å². The van der Waals surface area contributed by atoms with Crippen LogP contribution in [0, 0.1) is 0 Å². The van der Waals surface area contributed by atoms with E-state index in [9.17, 15) is 13.2 Å². The molecule has 1 fully saturated rings. The summed E-state index contributed by atoms with van der Waals surface area (Å²) in [4.78, 5) is 14.9. The normalized spacial score (nSPS) is 15.4. The van der Waals surface area contributed by atoms with Crippen molar-refractivity contribution < 1.29 is 17.9 Å². The van der Waals surface area contributed by atoms with E-state index in [1.54, 1.807) is 24.3 Å². The Morgan fingerprint density at radius 3 is 2.52 bits per heavy atom. The van der Waals surface area contributed by atoms with Gasteiger partial charge >= 0.3 is 0 Å². The van der Waals surface area contributed by atoms with E-state index in [1.165, 1.54) is 6.26 Å². The van der Waals surface area contributed by atoms with Crippen LogP contribution in [-0.4, -0.2) is 51.8 Å². The molecule has 0 aliphatic carbocycles. The van der Waals surface area contributed by atoms with Crippen molar-refractivity contribution in [3.05, 3.63) is 65.2 Å². The van der Waals surface area contributed by atoms with Crippen LogP contribution < -0.4 is 5.32 Å². The first-order valence-corrected chi connectivity index (χ1v) is 10.9. The third kappa shape index (κ3) is 6.16. The maximum Gasteiger partial charge on any atom is 0.255 e. The molecule has 3 rings (SSSR count). The highest BCUT2D eigenvalue weighted by Gasteiger charge is 2.12. The number of hydrogen-bond donors (Lipinski definition) is 1. The predicted molar refractivity (Wildman–Crippen MR) is 105 cm³/mol. The summed E-state index contributed by atoms with van der Waals surface area (Å²) in [6, 6.07) is 14.5. The molecular formula is C20H24N2O4S. The first-order valence-electron chi connectivity index (χ1n) is 8.86. The van der Waals surface area contributed by atoms with Crippen LogP contribution in [0.2, 0.25) is 0 Å². The van der Waals surface area contributed by atoms with Gasteiger partial charge in [-0.3, -0.25) is 9.69 Å². The quantitative estimate of drug-likeness (QED) is 0.822. The second kappa shape index (κ2) is 8.65. The molecule has 7 heteroatoms. The molecule has 0 atom stereocenters. The fourth-order valence-electron chi connectivity index (χ4n) is 3.07. The molecule has 144 valence electrons. The molecule has 0 spiro atoms. The lowest BCUT2D eigenvalue weighted by molar-refractivity contribution is 0.0342. The van der Waals surface area contributed by atoms with E-state index in [-0.39, 0.29) is 11.7 Å². The number of benzene rings is 2. The maximum atomic E-state index is 12.5. The molecule has 1 aliphatic heterocycles. The zero-order chi connectivity index (χ0) is 19.3. The molecule has 0 saturated carbocycles. The van der Waals surface area contributed by atoms with Crippen molar-refractivity contribution >= 4 is 21.4 Å². The molecule has 0 unspecified atom stereocenters. The summed E-state index contributed by atoms with van der Waals surface area (Å²) in [6.07, 6.45) is 1.18. The zero-order valence-electron chi connectivity index (χ0n) is 15.3. The first-order chi connectivity index (χ1) is 12.9. The molecule has 2 aromatic carbocycles. The second-order valence-electron chi connectivity index (χ2n) is 6.81. The molecule has 27 heavy (non-hydrogen) atoms. The molecular weight excluding hydrogens is 364 g/mol. The smallest absolute Gasteiger partial charge is 0.255 e. The Labute approximate surface area is 160 Å². The number of carbonyl (C=O) groups is 1. The number of anilines is 1. The number of carbonyl (C=O) groups excluding carboxylic acids is 1. The van der Waals surface area contributed by atoms with Gasteiger partial charge in [0.15, 0.2) is 9.84 Å². The van der Waals surface area contributed by atoms with E-state index in [1.807, 2.05) is 24.3 Å². The lowest BCUT2D eigenvalue weighted by Gasteiger charge is -2.26. The summed E-state index contributed by atoms with van der Waals surface area (Å²) in [5.41, 5.74) is 2.89. The number of morpholine rings is 1. The van der Waals surface area contributed by atoms with E-state index < -0.39 is 9.84 Å².